The standard InChI is InChI=1S/C55H45NS/c1-55(2)50-22-10-9-19-46(50)49-34-42(29-32-51(49)55)56(43-28-31-48-47-30-25-40(36-13-5-3-6-14-36)33-52(47)57-53(48)35-43)41-26-23-38(24-27-41)45-21-12-18-39-17-11-20-44(54(39)45)37-15-7-4-8-16-37/h4,7-12,15-36H,3,5-6,13-14H2,1-2H3. The van der Waals surface area contributed by atoms with Crippen LogP contribution in [0.1, 0.15) is 68.6 Å². The van der Waals surface area contributed by atoms with E-state index in [9.17, 15) is 0 Å². The van der Waals surface area contributed by atoms with Gasteiger partial charge >= 0.3 is 0 Å². The molecule has 1 fully saturated rings. The zero-order valence-electron chi connectivity index (χ0n) is 32.6. The van der Waals surface area contributed by atoms with E-state index in [1.54, 1.807) is 0 Å². The first-order chi connectivity index (χ1) is 28.0. The number of hydrogen-bond acceptors (Lipinski definition) is 2. The van der Waals surface area contributed by atoms with Crippen molar-refractivity contribution in [1.29, 1.82) is 0 Å². The molecule has 0 saturated heterocycles. The fourth-order valence-electron chi connectivity index (χ4n) is 10.1. The van der Waals surface area contributed by atoms with Gasteiger partial charge in [0.1, 0.15) is 0 Å². The van der Waals surface area contributed by atoms with Crippen molar-refractivity contribution in [3.8, 4) is 33.4 Å². The lowest BCUT2D eigenvalue weighted by Crippen LogP contribution is -2.15. The fraction of sp³-hybridized carbons (Fsp3) is 0.164. The topological polar surface area (TPSA) is 3.24 Å². The van der Waals surface area contributed by atoms with E-state index in [0.717, 1.165) is 5.69 Å². The minimum Gasteiger partial charge on any atom is -0.310 e. The summed E-state index contributed by atoms with van der Waals surface area (Å²) in [5, 5.41) is 5.26. The van der Waals surface area contributed by atoms with Gasteiger partial charge < -0.3 is 4.90 Å². The summed E-state index contributed by atoms with van der Waals surface area (Å²) < 4.78 is 2.74. The normalized spacial score (nSPS) is 14.9. The van der Waals surface area contributed by atoms with Crippen LogP contribution in [-0.4, -0.2) is 0 Å². The van der Waals surface area contributed by atoms with E-state index >= 15 is 0 Å². The predicted molar refractivity (Wildman–Crippen MR) is 246 cm³/mol. The molecule has 1 nitrogen and oxygen atoms in total. The highest BCUT2D eigenvalue weighted by Crippen LogP contribution is 2.51. The Hall–Kier alpha value is -5.96. The quantitative estimate of drug-likeness (QED) is 0.164. The van der Waals surface area contributed by atoms with Gasteiger partial charge in [-0.05, 0) is 122 Å². The maximum Gasteiger partial charge on any atom is 0.0476 e. The maximum atomic E-state index is 2.50. The van der Waals surface area contributed by atoms with Gasteiger partial charge in [-0.3, -0.25) is 0 Å². The van der Waals surface area contributed by atoms with Crippen LogP contribution in [0.2, 0.25) is 0 Å². The van der Waals surface area contributed by atoms with Gasteiger partial charge in [-0.2, -0.15) is 0 Å². The number of fused-ring (bicyclic) bond motifs is 7. The van der Waals surface area contributed by atoms with Crippen LogP contribution in [0.15, 0.2) is 170 Å². The number of rotatable bonds is 6. The Kier molecular flexibility index (Phi) is 8.19. The second-order valence-electron chi connectivity index (χ2n) is 16.7. The van der Waals surface area contributed by atoms with Crippen molar-refractivity contribution >= 4 is 59.3 Å². The van der Waals surface area contributed by atoms with Gasteiger partial charge in [-0.1, -0.05) is 161 Å². The summed E-state index contributed by atoms with van der Waals surface area (Å²) in [5.74, 6) is 0.705. The SMILES string of the molecule is CC1(C)c2ccccc2-c2cc(N(c3ccc(-c4cccc5cccc(-c6ccccc6)c45)cc3)c3ccc4c(c3)sc3cc(C5CCCCC5)ccc34)ccc21. The molecule has 0 spiro atoms. The highest BCUT2D eigenvalue weighted by molar-refractivity contribution is 7.25. The third kappa shape index (κ3) is 5.72. The lowest BCUT2D eigenvalue weighted by Gasteiger charge is -2.27. The van der Waals surface area contributed by atoms with Crippen molar-refractivity contribution in [2.75, 3.05) is 4.90 Å². The Morgan fingerprint density at radius 2 is 1.07 bits per heavy atom. The third-order valence-corrected chi connectivity index (χ3v) is 14.2. The molecule has 11 rings (SSSR count). The monoisotopic (exact) mass is 751 g/mol. The summed E-state index contributed by atoms with van der Waals surface area (Å²) >= 11 is 1.95. The average Bonchev–Trinajstić information content (AvgIpc) is 3.74. The first-order valence-corrected chi connectivity index (χ1v) is 21.5. The Bertz CT molecular complexity index is 2960. The van der Waals surface area contributed by atoms with Crippen molar-refractivity contribution in [3.63, 3.8) is 0 Å². The molecule has 0 radical (unpaired) electrons. The van der Waals surface area contributed by atoms with Crippen molar-refractivity contribution in [2.24, 2.45) is 0 Å². The molecule has 2 heteroatoms. The fourth-order valence-corrected chi connectivity index (χ4v) is 11.3. The maximum absolute atomic E-state index is 2.50. The Labute approximate surface area is 339 Å². The van der Waals surface area contributed by atoms with Gasteiger partial charge in [0.15, 0.2) is 0 Å². The predicted octanol–water partition coefficient (Wildman–Crippen LogP) is 16.4. The van der Waals surface area contributed by atoms with E-state index in [4.69, 9.17) is 0 Å². The Morgan fingerprint density at radius 3 is 1.84 bits per heavy atom. The number of benzene rings is 8. The van der Waals surface area contributed by atoms with Crippen LogP contribution in [0.4, 0.5) is 17.1 Å². The molecule has 1 saturated carbocycles. The molecule has 2 aliphatic rings. The highest BCUT2D eigenvalue weighted by Gasteiger charge is 2.35. The van der Waals surface area contributed by atoms with Crippen LogP contribution in [0.3, 0.4) is 0 Å². The molecule has 0 bridgehead atoms. The molecule has 0 atom stereocenters. The second kappa shape index (κ2) is 13.6. The molecule has 8 aromatic carbocycles. The molecular weight excluding hydrogens is 707 g/mol. The summed E-state index contributed by atoms with van der Waals surface area (Å²) in [5.41, 5.74) is 15.4. The zero-order chi connectivity index (χ0) is 38.1. The van der Waals surface area contributed by atoms with E-state index in [0.29, 0.717) is 5.92 Å². The average molecular weight is 752 g/mol. The van der Waals surface area contributed by atoms with Gasteiger partial charge in [0.2, 0.25) is 0 Å². The zero-order valence-corrected chi connectivity index (χ0v) is 33.5. The molecular formula is C55H45NS. The van der Waals surface area contributed by atoms with Crippen LogP contribution in [0.5, 0.6) is 0 Å². The number of hydrogen-bond donors (Lipinski definition) is 0. The van der Waals surface area contributed by atoms with E-state index < -0.39 is 0 Å². The molecule has 276 valence electrons. The van der Waals surface area contributed by atoms with Crippen LogP contribution in [0, 0.1) is 0 Å². The summed E-state index contributed by atoms with van der Waals surface area (Å²) in [4.78, 5) is 2.47. The van der Waals surface area contributed by atoms with Crippen LogP contribution in [0.25, 0.3) is 64.3 Å². The lowest BCUT2D eigenvalue weighted by molar-refractivity contribution is 0.444. The van der Waals surface area contributed by atoms with Crippen LogP contribution >= 0.6 is 11.3 Å². The summed E-state index contributed by atoms with van der Waals surface area (Å²) in [6.07, 6.45) is 6.75. The third-order valence-electron chi connectivity index (χ3n) is 13.1. The van der Waals surface area contributed by atoms with Crippen LogP contribution in [-0.2, 0) is 5.41 Å². The molecule has 0 amide bonds. The van der Waals surface area contributed by atoms with Crippen molar-refractivity contribution < 1.29 is 0 Å². The summed E-state index contributed by atoms with van der Waals surface area (Å²) in [7, 11) is 0. The molecule has 0 N–H and O–H groups in total. The number of anilines is 3. The van der Waals surface area contributed by atoms with Crippen molar-refractivity contribution in [2.45, 2.75) is 57.3 Å². The van der Waals surface area contributed by atoms with Gasteiger partial charge in [0.05, 0.1) is 0 Å². The van der Waals surface area contributed by atoms with E-state index in [1.165, 1.54) is 124 Å². The van der Waals surface area contributed by atoms with E-state index in [2.05, 4.69) is 189 Å². The lowest BCUT2D eigenvalue weighted by atomic mass is 9.82. The summed E-state index contributed by atoms with van der Waals surface area (Å²) in [6, 6.07) is 63.9. The first-order valence-electron chi connectivity index (χ1n) is 20.7. The van der Waals surface area contributed by atoms with Gasteiger partial charge in [-0.25, -0.2) is 0 Å². The Morgan fingerprint density at radius 1 is 0.474 bits per heavy atom. The van der Waals surface area contributed by atoms with Gasteiger partial charge in [0, 0.05) is 42.6 Å². The first kappa shape index (κ1) is 34.3. The highest BCUT2D eigenvalue weighted by atomic mass is 32.1. The molecule has 0 unspecified atom stereocenters. The molecule has 1 aromatic heterocycles. The second-order valence-corrected chi connectivity index (χ2v) is 17.8. The van der Waals surface area contributed by atoms with E-state index in [-0.39, 0.29) is 5.41 Å². The van der Waals surface area contributed by atoms with E-state index in [1.807, 2.05) is 11.3 Å². The molecule has 1 heterocycles. The molecule has 57 heavy (non-hydrogen) atoms. The largest absolute Gasteiger partial charge is 0.310 e. The number of thiophene rings is 1. The molecule has 2 aliphatic carbocycles. The van der Waals surface area contributed by atoms with Gasteiger partial charge in [0.25, 0.3) is 0 Å². The minimum absolute atomic E-state index is 0.0412. The van der Waals surface area contributed by atoms with Crippen molar-refractivity contribution in [1.82, 2.24) is 0 Å². The number of nitrogens with zero attached hydrogens (tertiary/aromatic N) is 1. The minimum atomic E-state index is -0.0412. The molecule has 9 aromatic rings. The van der Waals surface area contributed by atoms with Crippen molar-refractivity contribution in [3.05, 3.63) is 187 Å². The van der Waals surface area contributed by atoms with Gasteiger partial charge in [-0.15, -0.1) is 11.3 Å². The smallest absolute Gasteiger partial charge is 0.0476 e. The molecule has 0 aliphatic heterocycles. The Balaban J connectivity index is 1.05. The summed E-state index contributed by atoms with van der Waals surface area (Å²) in [6.45, 7) is 4.72. The van der Waals surface area contributed by atoms with Crippen LogP contribution < -0.4 is 4.90 Å².